The molecule has 2 heterocycles. The van der Waals surface area contributed by atoms with Crippen LogP contribution in [0.4, 0.5) is 0 Å². The predicted octanol–water partition coefficient (Wildman–Crippen LogP) is 5.75. The summed E-state index contributed by atoms with van der Waals surface area (Å²) >= 11 is 0. The SMILES string of the molecule is C(#Cc1ccccc1)Cn1c(-c2cc(-c3ccccc3)n[nH]2)cc2ccccc21. The van der Waals surface area contributed by atoms with Gasteiger partial charge in [-0.3, -0.25) is 5.10 Å². The molecule has 0 unspecified atom stereocenters. The van der Waals surface area contributed by atoms with Gasteiger partial charge in [0.15, 0.2) is 0 Å². The highest BCUT2D eigenvalue weighted by Gasteiger charge is 2.13. The summed E-state index contributed by atoms with van der Waals surface area (Å²) in [6, 6.07) is 33.0. The Morgan fingerprint density at radius 2 is 1.52 bits per heavy atom. The van der Waals surface area contributed by atoms with Crippen LogP contribution in [0.3, 0.4) is 0 Å². The van der Waals surface area contributed by atoms with Crippen molar-refractivity contribution in [2.45, 2.75) is 6.54 Å². The topological polar surface area (TPSA) is 33.6 Å². The van der Waals surface area contributed by atoms with Crippen LogP contribution in [0, 0.1) is 11.8 Å². The Morgan fingerprint density at radius 1 is 0.793 bits per heavy atom. The molecule has 2 aromatic heterocycles. The van der Waals surface area contributed by atoms with Gasteiger partial charge in [0.2, 0.25) is 0 Å². The molecule has 0 fully saturated rings. The van der Waals surface area contributed by atoms with Gasteiger partial charge in [0, 0.05) is 22.0 Å². The van der Waals surface area contributed by atoms with Crippen molar-refractivity contribution < 1.29 is 0 Å². The van der Waals surface area contributed by atoms with E-state index >= 15 is 0 Å². The zero-order valence-corrected chi connectivity index (χ0v) is 15.8. The van der Waals surface area contributed by atoms with Crippen LogP contribution in [0.25, 0.3) is 33.5 Å². The first-order chi connectivity index (χ1) is 14.4. The average Bonchev–Trinajstić information content (AvgIpc) is 3.41. The van der Waals surface area contributed by atoms with Crippen molar-refractivity contribution in [3.8, 4) is 34.5 Å². The van der Waals surface area contributed by atoms with E-state index in [0.29, 0.717) is 6.54 Å². The molecular formula is C26H19N3. The summed E-state index contributed by atoms with van der Waals surface area (Å²) in [4.78, 5) is 0. The van der Waals surface area contributed by atoms with Gasteiger partial charge in [-0.2, -0.15) is 5.10 Å². The fourth-order valence-corrected chi connectivity index (χ4v) is 3.56. The maximum Gasteiger partial charge on any atom is 0.0927 e. The first kappa shape index (κ1) is 17.1. The third kappa shape index (κ3) is 3.44. The van der Waals surface area contributed by atoms with Crippen LogP contribution in [0.1, 0.15) is 5.56 Å². The molecule has 5 aromatic rings. The Hall–Kier alpha value is -4.03. The van der Waals surface area contributed by atoms with E-state index in [4.69, 9.17) is 0 Å². The second-order valence-corrected chi connectivity index (χ2v) is 6.88. The molecule has 0 atom stereocenters. The minimum Gasteiger partial charge on any atom is -0.327 e. The van der Waals surface area contributed by atoms with Crippen molar-refractivity contribution in [1.29, 1.82) is 0 Å². The largest absolute Gasteiger partial charge is 0.327 e. The third-order valence-electron chi connectivity index (χ3n) is 4.98. The molecule has 3 aromatic carbocycles. The lowest BCUT2D eigenvalue weighted by Gasteiger charge is -2.05. The van der Waals surface area contributed by atoms with Gasteiger partial charge in [-0.05, 0) is 30.3 Å². The number of nitrogens with one attached hydrogen (secondary N) is 1. The number of rotatable bonds is 3. The van der Waals surface area contributed by atoms with Crippen molar-refractivity contribution in [2.75, 3.05) is 0 Å². The van der Waals surface area contributed by atoms with Crippen molar-refractivity contribution in [3.63, 3.8) is 0 Å². The van der Waals surface area contributed by atoms with E-state index in [1.807, 2.05) is 48.5 Å². The van der Waals surface area contributed by atoms with Crippen molar-refractivity contribution in [3.05, 3.63) is 103 Å². The Bertz CT molecular complexity index is 1320. The number of H-pyrrole nitrogens is 1. The average molecular weight is 373 g/mol. The summed E-state index contributed by atoms with van der Waals surface area (Å²) < 4.78 is 2.24. The van der Waals surface area contributed by atoms with Crippen molar-refractivity contribution in [1.82, 2.24) is 14.8 Å². The molecule has 138 valence electrons. The second kappa shape index (κ2) is 7.53. The lowest BCUT2D eigenvalue weighted by atomic mass is 10.1. The molecule has 3 heteroatoms. The number of para-hydroxylation sites is 1. The van der Waals surface area contributed by atoms with Crippen LogP contribution in [0.15, 0.2) is 97.1 Å². The van der Waals surface area contributed by atoms with Gasteiger partial charge in [-0.1, -0.05) is 78.6 Å². The highest BCUT2D eigenvalue weighted by molar-refractivity contribution is 5.87. The van der Waals surface area contributed by atoms with Crippen LogP contribution < -0.4 is 0 Å². The van der Waals surface area contributed by atoms with Gasteiger partial charge in [-0.15, -0.1) is 0 Å². The van der Waals surface area contributed by atoms with Crippen LogP contribution in [-0.2, 0) is 6.54 Å². The van der Waals surface area contributed by atoms with Crippen LogP contribution in [0.2, 0.25) is 0 Å². The normalized spacial score (nSPS) is 10.6. The lowest BCUT2D eigenvalue weighted by molar-refractivity contribution is 0.887. The van der Waals surface area contributed by atoms with E-state index in [2.05, 4.69) is 75.1 Å². The van der Waals surface area contributed by atoms with E-state index in [1.165, 1.54) is 10.9 Å². The van der Waals surface area contributed by atoms with E-state index in [-0.39, 0.29) is 0 Å². The zero-order chi connectivity index (χ0) is 19.5. The van der Waals surface area contributed by atoms with E-state index in [0.717, 1.165) is 28.2 Å². The second-order valence-electron chi connectivity index (χ2n) is 6.88. The molecule has 0 radical (unpaired) electrons. The minimum absolute atomic E-state index is 0.609. The minimum atomic E-state index is 0.609. The molecule has 0 bridgehead atoms. The maximum absolute atomic E-state index is 4.53. The zero-order valence-electron chi connectivity index (χ0n) is 15.8. The first-order valence-electron chi connectivity index (χ1n) is 9.62. The van der Waals surface area contributed by atoms with Crippen LogP contribution >= 0.6 is 0 Å². The number of hydrogen-bond donors (Lipinski definition) is 1. The number of aromatic nitrogens is 3. The number of aromatic amines is 1. The summed E-state index contributed by atoms with van der Waals surface area (Å²) in [6.07, 6.45) is 0. The van der Waals surface area contributed by atoms with Gasteiger partial charge in [0.05, 0.1) is 23.6 Å². The van der Waals surface area contributed by atoms with Crippen LogP contribution in [0.5, 0.6) is 0 Å². The molecule has 5 rings (SSSR count). The molecule has 0 saturated carbocycles. The Kier molecular flexibility index (Phi) is 4.44. The molecule has 0 saturated heterocycles. The maximum atomic E-state index is 4.53. The summed E-state index contributed by atoms with van der Waals surface area (Å²) in [6.45, 7) is 0.609. The molecule has 0 aliphatic rings. The van der Waals surface area contributed by atoms with Gasteiger partial charge >= 0.3 is 0 Å². The summed E-state index contributed by atoms with van der Waals surface area (Å²) in [5.41, 5.74) is 6.30. The highest BCUT2D eigenvalue weighted by Crippen LogP contribution is 2.29. The van der Waals surface area contributed by atoms with E-state index in [1.54, 1.807) is 0 Å². The summed E-state index contributed by atoms with van der Waals surface area (Å²) in [5.74, 6) is 6.58. The predicted molar refractivity (Wildman–Crippen MR) is 118 cm³/mol. The lowest BCUT2D eigenvalue weighted by Crippen LogP contribution is -1.98. The Morgan fingerprint density at radius 3 is 2.34 bits per heavy atom. The molecule has 3 nitrogen and oxygen atoms in total. The quantitative estimate of drug-likeness (QED) is 0.401. The number of benzene rings is 3. The van der Waals surface area contributed by atoms with Gasteiger partial charge < -0.3 is 4.57 Å². The molecule has 0 aliphatic carbocycles. The highest BCUT2D eigenvalue weighted by atomic mass is 15.1. The molecule has 0 aliphatic heterocycles. The third-order valence-corrected chi connectivity index (χ3v) is 4.98. The number of nitrogens with zero attached hydrogens (tertiary/aromatic N) is 2. The molecule has 0 amide bonds. The monoisotopic (exact) mass is 373 g/mol. The van der Waals surface area contributed by atoms with Crippen molar-refractivity contribution >= 4 is 10.9 Å². The van der Waals surface area contributed by atoms with E-state index < -0.39 is 0 Å². The Labute approximate surface area is 169 Å². The van der Waals surface area contributed by atoms with Gasteiger partial charge in [0.1, 0.15) is 0 Å². The molecule has 0 spiro atoms. The summed E-state index contributed by atoms with van der Waals surface area (Å²) in [7, 11) is 0. The fraction of sp³-hybridized carbons (Fsp3) is 0.0385. The Balaban J connectivity index is 1.55. The van der Waals surface area contributed by atoms with E-state index in [9.17, 15) is 0 Å². The van der Waals surface area contributed by atoms with Crippen molar-refractivity contribution in [2.24, 2.45) is 0 Å². The molecule has 1 N–H and O–H groups in total. The first-order valence-corrected chi connectivity index (χ1v) is 9.62. The fourth-order valence-electron chi connectivity index (χ4n) is 3.56. The molecule has 29 heavy (non-hydrogen) atoms. The smallest absolute Gasteiger partial charge is 0.0927 e. The number of fused-ring (bicyclic) bond motifs is 1. The molecular weight excluding hydrogens is 354 g/mol. The van der Waals surface area contributed by atoms with Gasteiger partial charge in [-0.25, -0.2) is 0 Å². The van der Waals surface area contributed by atoms with Crippen LogP contribution in [-0.4, -0.2) is 14.8 Å². The number of hydrogen-bond acceptors (Lipinski definition) is 1. The standard InChI is InChI=1S/C26H19N3/c1-3-10-20(11-4-1)12-9-17-29-25-16-8-7-15-22(25)18-26(29)24-19-23(27-28-24)21-13-5-2-6-14-21/h1-8,10-11,13-16,18-19H,17H2,(H,27,28). The summed E-state index contributed by atoms with van der Waals surface area (Å²) in [5, 5.41) is 8.93. The van der Waals surface area contributed by atoms with Gasteiger partial charge in [0.25, 0.3) is 0 Å².